The van der Waals surface area contributed by atoms with Gasteiger partial charge in [0.15, 0.2) is 0 Å². The third-order valence-electron chi connectivity index (χ3n) is 5.06. The molecule has 0 unspecified atom stereocenters. The molecule has 2 aromatic carbocycles. The number of carbonyl (C=O) groups is 4. The van der Waals surface area contributed by atoms with Crippen LogP contribution in [0.25, 0.3) is 0 Å². The maximum Gasteiger partial charge on any atom is 0.261 e. The Morgan fingerprint density at radius 3 is 2.19 bits per heavy atom. The third kappa shape index (κ3) is 4.54. The molecule has 0 saturated heterocycles. The molecule has 0 aliphatic carbocycles. The van der Waals surface area contributed by atoms with Gasteiger partial charge in [-0.15, -0.1) is 0 Å². The molecule has 0 radical (unpaired) electrons. The van der Waals surface area contributed by atoms with Gasteiger partial charge in [-0.2, -0.15) is 0 Å². The first kappa shape index (κ1) is 20.9. The lowest BCUT2D eigenvalue weighted by atomic mass is 10.1. The van der Waals surface area contributed by atoms with Gasteiger partial charge >= 0.3 is 0 Å². The number of nitrogens with one attached hydrogen (secondary N) is 2. The summed E-state index contributed by atoms with van der Waals surface area (Å²) < 4.78 is 0. The summed E-state index contributed by atoms with van der Waals surface area (Å²) in [5.41, 5.74) is 2.63. The summed E-state index contributed by atoms with van der Waals surface area (Å²) in [5, 5.41) is 5.30. The average molecular weight is 428 g/mol. The molecule has 0 atom stereocenters. The van der Waals surface area contributed by atoms with Crippen molar-refractivity contribution in [3.8, 4) is 0 Å². The van der Waals surface area contributed by atoms with Crippen LogP contribution in [0, 0.1) is 0 Å². The number of hydrogen-bond donors (Lipinski definition) is 2. The number of rotatable bonds is 7. The van der Waals surface area contributed by atoms with E-state index >= 15 is 0 Å². The van der Waals surface area contributed by atoms with Crippen molar-refractivity contribution in [1.82, 2.24) is 20.5 Å². The van der Waals surface area contributed by atoms with Crippen LogP contribution in [0.2, 0.25) is 0 Å². The van der Waals surface area contributed by atoms with Crippen molar-refractivity contribution in [2.24, 2.45) is 0 Å². The van der Waals surface area contributed by atoms with Crippen molar-refractivity contribution in [2.45, 2.75) is 13.1 Å². The Hall–Kier alpha value is -4.33. The van der Waals surface area contributed by atoms with E-state index < -0.39 is 5.91 Å². The molecule has 0 bridgehead atoms. The Morgan fingerprint density at radius 2 is 1.50 bits per heavy atom. The molecule has 32 heavy (non-hydrogen) atoms. The quantitative estimate of drug-likeness (QED) is 0.559. The molecule has 1 aliphatic rings. The van der Waals surface area contributed by atoms with Gasteiger partial charge in [-0.3, -0.25) is 29.1 Å². The van der Waals surface area contributed by atoms with Crippen LogP contribution < -0.4 is 10.6 Å². The van der Waals surface area contributed by atoms with Crippen LogP contribution in [-0.4, -0.2) is 40.1 Å². The van der Waals surface area contributed by atoms with Gasteiger partial charge in [0.05, 0.1) is 24.2 Å². The minimum absolute atomic E-state index is 0.0554. The number of imide groups is 1. The summed E-state index contributed by atoms with van der Waals surface area (Å²) in [6, 6.07) is 16.9. The van der Waals surface area contributed by atoms with Gasteiger partial charge in [-0.25, -0.2) is 0 Å². The van der Waals surface area contributed by atoms with E-state index in [1.54, 1.807) is 73.1 Å². The van der Waals surface area contributed by atoms with E-state index in [4.69, 9.17) is 0 Å². The van der Waals surface area contributed by atoms with Gasteiger partial charge in [0.1, 0.15) is 0 Å². The highest BCUT2D eigenvalue weighted by atomic mass is 16.2. The summed E-state index contributed by atoms with van der Waals surface area (Å²) in [6.45, 7) is 0.222. The second kappa shape index (κ2) is 9.22. The Labute approximate surface area is 184 Å². The van der Waals surface area contributed by atoms with Crippen molar-refractivity contribution in [1.29, 1.82) is 0 Å². The third-order valence-corrected chi connectivity index (χ3v) is 5.06. The lowest BCUT2D eigenvalue weighted by Gasteiger charge is -2.14. The highest BCUT2D eigenvalue weighted by Gasteiger charge is 2.34. The number of aromatic nitrogens is 1. The van der Waals surface area contributed by atoms with Crippen molar-refractivity contribution in [3.63, 3.8) is 0 Å². The van der Waals surface area contributed by atoms with Crippen molar-refractivity contribution in [2.75, 3.05) is 6.54 Å². The molecule has 8 heteroatoms. The largest absolute Gasteiger partial charge is 0.350 e. The van der Waals surface area contributed by atoms with Crippen LogP contribution >= 0.6 is 0 Å². The number of fused-ring (bicyclic) bond motifs is 1. The van der Waals surface area contributed by atoms with E-state index in [1.807, 2.05) is 0 Å². The Bertz CT molecular complexity index is 1160. The molecule has 1 aromatic heterocycles. The van der Waals surface area contributed by atoms with Crippen molar-refractivity contribution in [3.05, 3.63) is 101 Å². The minimum atomic E-state index is -0.423. The first-order valence-corrected chi connectivity index (χ1v) is 10.0. The van der Waals surface area contributed by atoms with Crippen LogP contribution in [0.3, 0.4) is 0 Å². The van der Waals surface area contributed by atoms with E-state index in [0.717, 1.165) is 10.5 Å². The number of carbonyl (C=O) groups excluding carboxylic acids is 4. The fourth-order valence-corrected chi connectivity index (χ4v) is 3.40. The lowest BCUT2D eigenvalue weighted by Crippen LogP contribution is -2.36. The lowest BCUT2D eigenvalue weighted by molar-refractivity contribution is -0.120. The smallest absolute Gasteiger partial charge is 0.261 e. The zero-order chi connectivity index (χ0) is 22.5. The van der Waals surface area contributed by atoms with Gasteiger partial charge in [-0.1, -0.05) is 24.3 Å². The number of pyridine rings is 1. The van der Waals surface area contributed by atoms with Crippen LogP contribution in [-0.2, 0) is 17.9 Å². The number of hydrogen-bond acceptors (Lipinski definition) is 5. The predicted molar refractivity (Wildman–Crippen MR) is 116 cm³/mol. The molecule has 2 N–H and O–H groups in total. The van der Waals surface area contributed by atoms with Gasteiger partial charge in [0, 0.05) is 24.5 Å². The van der Waals surface area contributed by atoms with E-state index in [9.17, 15) is 19.2 Å². The summed E-state index contributed by atoms with van der Waals surface area (Å²) in [5.74, 6) is -1.46. The zero-order valence-corrected chi connectivity index (χ0v) is 17.1. The topological polar surface area (TPSA) is 108 Å². The standard InChI is InChI=1S/C24H20N4O4/c29-21(26-13-16-8-10-25-11-9-16)14-27-22(30)18-5-3-4-17(12-18)15-28-23(31)19-6-1-2-7-20(19)24(28)32/h1-12H,13-15H2,(H,26,29)(H,27,30). The molecule has 160 valence electrons. The second-order valence-electron chi connectivity index (χ2n) is 7.26. The molecule has 0 spiro atoms. The fourth-order valence-electron chi connectivity index (χ4n) is 3.40. The summed E-state index contributed by atoms with van der Waals surface area (Å²) in [6.07, 6.45) is 3.27. The highest BCUT2D eigenvalue weighted by Crippen LogP contribution is 2.24. The van der Waals surface area contributed by atoms with Gasteiger partial charge in [0.25, 0.3) is 17.7 Å². The number of amides is 4. The summed E-state index contributed by atoms with van der Waals surface area (Å²) >= 11 is 0. The number of nitrogens with zero attached hydrogens (tertiary/aromatic N) is 2. The van der Waals surface area contributed by atoms with Crippen molar-refractivity contribution < 1.29 is 19.2 Å². The molecule has 0 fully saturated rings. The average Bonchev–Trinajstić information content (AvgIpc) is 3.07. The molecular weight excluding hydrogens is 408 g/mol. The predicted octanol–water partition coefficient (Wildman–Crippen LogP) is 1.92. The van der Waals surface area contributed by atoms with Gasteiger partial charge < -0.3 is 10.6 Å². The fraction of sp³-hybridized carbons (Fsp3) is 0.125. The van der Waals surface area contributed by atoms with E-state index in [1.165, 1.54) is 0 Å². The first-order valence-electron chi connectivity index (χ1n) is 10.0. The van der Waals surface area contributed by atoms with E-state index in [0.29, 0.717) is 28.8 Å². The van der Waals surface area contributed by atoms with E-state index in [-0.39, 0.29) is 30.8 Å². The molecule has 1 aliphatic heterocycles. The number of benzene rings is 2. The minimum Gasteiger partial charge on any atom is -0.350 e. The first-order chi connectivity index (χ1) is 15.5. The maximum atomic E-state index is 12.5. The highest BCUT2D eigenvalue weighted by molar-refractivity contribution is 6.21. The molecule has 3 aromatic rings. The Balaban J connectivity index is 1.34. The zero-order valence-electron chi connectivity index (χ0n) is 17.1. The van der Waals surface area contributed by atoms with Crippen molar-refractivity contribution >= 4 is 23.6 Å². The Morgan fingerprint density at radius 1 is 0.812 bits per heavy atom. The Kier molecular flexibility index (Phi) is 6.03. The maximum absolute atomic E-state index is 12.5. The molecule has 2 heterocycles. The van der Waals surface area contributed by atoms with Crippen LogP contribution in [0.1, 0.15) is 42.2 Å². The van der Waals surface area contributed by atoms with Crippen LogP contribution in [0.15, 0.2) is 73.1 Å². The van der Waals surface area contributed by atoms with Gasteiger partial charge in [-0.05, 0) is 47.5 Å². The molecule has 4 rings (SSSR count). The molecule has 8 nitrogen and oxygen atoms in total. The molecule has 4 amide bonds. The van der Waals surface area contributed by atoms with E-state index in [2.05, 4.69) is 15.6 Å². The van der Waals surface area contributed by atoms with Crippen LogP contribution in [0.4, 0.5) is 0 Å². The van der Waals surface area contributed by atoms with Gasteiger partial charge in [0.2, 0.25) is 5.91 Å². The summed E-state index contributed by atoms with van der Waals surface area (Å²) in [4.78, 5) is 54.7. The normalized spacial score (nSPS) is 12.4. The second-order valence-corrected chi connectivity index (χ2v) is 7.26. The van der Waals surface area contributed by atoms with Crippen LogP contribution in [0.5, 0.6) is 0 Å². The summed E-state index contributed by atoms with van der Waals surface area (Å²) in [7, 11) is 0. The molecular formula is C24H20N4O4. The SMILES string of the molecule is O=C(CNC(=O)c1cccc(CN2C(=O)c3ccccc3C2=O)c1)NCc1ccncc1. The monoisotopic (exact) mass is 428 g/mol. The molecule has 0 saturated carbocycles.